The lowest BCUT2D eigenvalue weighted by Crippen LogP contribution is -2.63. The number of nitrogens with zero attached hydrogens (tertiary/aromatic N) is 1. The highest BCUT2D eigenvalue weighted by Crippen LogP contribution is 2.53. The van der Waals surface area contributed by atoms with Crippen LogP contribution in [-0.2, 0) is 16.0 Å². The molecular formula is C27H26N2O7. The van der Waals surface area contributed by atoms with Crippen LogP contribution in [0.25, 0.3) is 11.1 Å². The number of carbonyl (C=O) groups excluding carboxylic acids is 3. The fourth-order valence-corrected chi connectivity index (χ4v) is 6.14. The molecule has 6 N–H and O–H groups in total. The van der Waals surface area contributed by atoms with Crippen molar-refractivity contribution >= 4 is 17.5 Å². The fourth-order valence-electron chi connectivity index (χ4n) is 6.14. The Hall–Kier alpha value is -3.95. The zero-order valence-electron chi connectivity index (χ0n) is 19.7. The Bertz CT molecular complexity index is 1390. The average Bonchev–Trinajstić information content (AvgIpc) is 2.81. The van der Waals surface area contributed by atoms with Crippen molar-refractivity contribution in [2.45, 2.75) is 24.5 Å². The predicted molar refractivity (Wildman–Crippen MR) is 129 cm³/mol. The van der Waals surface area contributed by atoms with Crippen molar-refractivity contribution in [2.75, 3.05) is 14.1 Å². The van der Waals surface area contributed by atoms with Gasteiger partial charge in [-0.1, -0.05) is 36.4 Å². The van der Waals surface area contributed by atoms with Gasteiger partial charge in [0, 0.05) is 11.5 Å². The van der Waals surface area contributed by atoms with E-state index in [1.807, 2.05) is 30.3 Å². The van der Waals surface area contributed by atoms with Crippen molar-refractivity contribution in [3.8, 4) is 16.9 Å². The van der Waals surface area contributed by atoms with Crippen LogP contribution in [0.2, 0.25) is 0 Å². The molecule has 36 heavy (non-hydrogen) atoms. The first kappa shape index (κ1) is 23.8. The number of allylic oxidation sites excluding steroid dienone is 1. The second-order valence-electron chi connectivity index (χ2n) is 9.81. The van der Waals surface area contributed by atoms with E-state index in [9.17, 15) is 34.8 Å². The van der Waals surface area contributed by atoms with Crippen LogP contribution in [-0.4, -0.2) is 68.5 Å². The SMILES string of the molecule is CN(C)[C@H]1C(O)=C(C(N)=O)C(=O)[C@@]2(O)C(O)=C3C(=O)c4c(O)ccc(-c5ccccc5)c4C[C@H]3C[C@H]12. The summed E-state index contributed by atoms with van der Waals surface area (Å²) in [5, 5.41) is 44.4. The summed E-state index contributed by atoms with van der Waals surface area (Å²) in [5.41, 5.74) is 3.90. The third kappa shape index (κ3) is 3.06. The summed E-state index contributed by atoms with van der Waals surface area (Å²) in [6.07, 6.45) is 0.294. The second-order valence-corrected chi connectivity index (χ2v) is 9.81. The molecule has 3 aliphatic rings. The molecule has 0 radical (unpaired) electrons. The number of phenols is 1. The van der Waals surface area contributed by atoms with Crippen molar-refractivity contribution in [2.24, 2.45) is 17.6 Å². The van der Waals surface area contributed by atoms with Crippen LogP contribution in [0, 0.1) is 11.8 Å². The number of likely N-dealkylation sites (N-methyl/N-ethyl adjacent to an activating group) is 1. The van der Waals surface area contributed by atoms with Crippen molar-refractivity contribution in [1.82, 2.24) is 4.90 Å². The second kappa shape index (κ2) is 8.04. The number of ketones is 2. The third-order valence-corrected chi connectivity index (χ3v) is 7.69. The Morgan fingerprint density at radius 2 is 1.72 bits per heavy atom. The number of aromatic hydroxyl groups is 1. The minimum Gasteiger partial charge on any atom is -0.510 e. The van der Waals surface area contributed by atoms with Gasteiger partial charge in [0.05, 0.1) is 11.6 Å². The molecule has 3 aliphatic carbocycles. The van der Waals surface area contributed by atoms with E-state index in [0.29, 0.717) is 5.56 Å². The highest BCUT2D eigenvalue weighted by atomic mass is 16.3. The summed E-state index contributed by atoms with van der Waals surface area (Å²) < 4.78 is 0. The molecule has 0 heterocycles. The largest absolute Gasteiger partial charge is 0.510 e. The first-order chi connectivity index (χ1) is 17.0. The molecule has 0 unspecified atom stereocenters. The topological polar surface area (TPSA) is 161 Å². The molecule has 0 fully saturated rings. The van der Waals surface area contributed by atoms with Gasteiger partial charge < -0.3 is 26.2 Å². The molecule has 9 nitrogen and oxygen atoms in total. The van der Waals surface area contributed by atoms with Crippen LogP contribution in [0.5, 0.6) is 5.75 Å². The number of benzene rings is 2. The lowest BCUT2D eigenvalue weighted by atomic mass is 9.58. The van der Waals surface area contributed by atoms with Crippen LogP contribution in [0.3, 0.4) is 0 Å². The molecule has 9 heteroatoms. The van der Waals surface area contributed by atoms with E-state index in [-0.39, 0.29) is 29.7 Å². The summed E-state index contributed by atoms with van der Waals surface area (Å²) >= 11 is 0. The molecule has 1 amide bonds. The number of aliphatic hydroxyl groups excluding tert-OH is 2. The summed E-state index contributed by atoms with van der Waals surface area (Å²) in [7, 11) is 3.19. The van der Waals surface area contributed by atoms with Gasteiger partial charge in [-0.3, -0.25) is 19.3 Å². The molecule has 5 rings (SSSR count). The van der Waals surface area contributed by atoms with E-state index in [1.54, 1.807) is 20.2 Å². The summed E-state index contributed by atoms with van der Waals surface area (Å²) in [6, 6.07) is 11.5. The average molecular weight is 491 g/mol. The van der Waals surface area contributed by atoms with Gasteiger partial charge in [0.1, 0.15) is 22.8 Å². The molecule has 0 saturated carbocycles. The first-order valence-corrected chi connectivity index (χ1v) is 11.5. The Morgan fingerprint density at radius 1 is 1.06 bits per heavy atom. The number of Topliss-reactive ketones (excluding diaryl/α,β-unsaturated/α-hetero) is 2. The Kier molecular flexibility index (Phi) is 5.31. The van der Waals surface area contributed by atoms with Gasteiger partial charge in [0.2, 0.25) is 5.78 Å². The molecule has 2 aromatic rings. The number of hydrogen-bond acceptors (Lipinski definition) is 8. The monoisotopic (exact) mass is 490 g/mol. The number of amides is 1. The van der Waals surface area contributed by atoms with E-state index in [0.717, 1.165) is 11.1 Å². The molecule has 186 valence electrons. The molecule has 4 atom stereocenters. The smallest absolute Gasteiger partial charge is 0.255 e. The van der Waals surface area contributed by atoms with Gasteiger partial charge in [-0.15, -0.1) is 0 Å². The minimum absolute atomic E-state index is 0.00265. The van der Waals surface area contributed by atoms with Crippen LogP contribution in [0.4, 0.5) is 0 Å². The van der Waals surface area contributed by atoms with Crippen LogP contribution in [0.15, 0.2) is 65.1 Å². The van der Waals surface area contributed by atoms with Crippen LogP contribution in [0.1, 0.15) is 22.3 Å². The Labute approximate surface area is 206 Å². The zero-order chi connectivity index (χ0) is 26.1. The number of primary amides is 1. The number of nitrogens with two attached hydrogens (primary N) is 1. The van der Waals surface area contributed by atoms with Gasteiger partial charge in [-0.2, -0.15) is 0 Å². The molecule has 0 aromatic heterocycles. The standard InChI is InChI=1S/C27H26N2O7/c1-29(2)21-16-11-13-10-15-14(12-6-4-3-5-7-12)8-9-17(30)19(15)22(31)18(13)24(33)27(16,36)25(34)20(23(21)32)26(28)35/h3-9,13,16,21,30,32-33,36H,10-11H2,1-2H3,(H2,28,35)/t13-,16+,21+,27-/m0/s1. The van der Waals surface area contributed by atoms with Gasteiger partial charge in [-0.05, 0) is 55.6 Å². The van der Waals surface area contributed by atoms with E-state index < -0.39 is 58.0 Å². The number of aliphatic hydroxyl groups is 3. The summed E-state index contributed by atoms with van der Waals surface area (Å²) in [6.45, 7) is 0. The maximum atomic E-state index is 13.7. The highest BCUT2D eigenvalue weighted by molar-refractivity contribution is 6.24. The molecule has 0 spiro atoms. The maximum Gasteiger partial charge on any atom is 0.255 e. The van der Waals surface area contributed by atoms with Crippen molar-refractivity contribution in [1.29, 1.82) is 0 Å². The number of carbonyl (C=O) groups is 3. The third-order valence-electron chi connectivity index (χ3n) is 7.69. The zero-order valence-corrected chi connectivity index (χ0v) is 19.7. The Balaban J connectivity index is 1.73. The van der Waals surface area contributed by atoms with Crippen molar-refractivity contribution in [3.63, 3.8) is 0 Å². The van der Waals surface area contributed by atoms with Crippen molar-refractivity contribution in [3.05, 3.63) is 76.3 Å². The van der Waals surface area contributed by atoms with E-state index in [1.165, 1.54) is 11.0 Å². The lowest BCUT2D eigenvalue weighted by Gasteiger charge is -2.50. The van der Waals surface area contributed by atoms with Crippen molar-refractivity contribution < 1.29 is 34.8 Å². The maximum absolute atomic E-state index is 13.7. The van der Waals surface area contributed by atoms with E-state index in [4.69, 9.17) is 5.73 Å². The summed E-state index contributed by atoms with van der Waals surface area (Å²) in [5.74, 6) is -6.60. The fraction of sp³-hybridized carbons (Fsp3) is 0.296. The number of rotatable bonds is 3. The highest BCUT2D eigenvalue weighted by Gasteiger charge is 2.63. The molecule has 0 bridgehead atoms. The van der Waals surface area contributed by atoms with Gasteiger partial charge in [-0.25, -0.2) is 0 Å². The molecular weight excluding hydrogens is 464 g/mol. The van der Waals surface area contributed by atoms with Crippen LogP contribution < -0.4 is 5.73 Å². The normalized spacial score (nSPS) is 27.6. The van der Waals surface area contributed by atoms with Gasteiger partial charge >= 0.3 is 0 Å². The van der Waals surface area contributed by atoms with Gasteiger partial charge in [0.15, 0.2) is 11.4 Å². The molecule has 0 aliphatic heterocycles. The van der Waals surface area contributed by atoms with Crippen LogP contribution >= 0.6 is 0 Å². The number of fused-ring (bicyclic) bond motifs is 3. The number of phenolic OH excluding ortho intramolecular Hbond substituents is 1. The molecule has 2 aromatic carbocycles. The number of hydrogen-bond donors (Lipinski definition) is 5. The first-order valence-electron chi connectivity index (χ1n) is 11.5. The van der Waals surface area contributed by atoms with Gasteiger partial charge in [0.25, 0.3) is 5.91 Å². The lowest BCUT2D eigenvalue weighted by molar-refractivity contribution is -0.148. The Morgan fingerprint density at radius 3 is 2.33 bits per heavy atom. The molecule has 0 saturated heterocycles. The predicted octanol–water partition coefficient (Wildman–Crippen LogP) is 1.79. The summed E-state index contributed by atoms with van der Waals surface area (Å²) in [4.78, 5) is 40.6. The van der Waals surface area contributed by atoms with E-state index >= 15 is 0 Å². The minimum atomic E-state index is -2.64. The van der Waals surface area contributed by atoms with E-state index in [2.05, 4.69) is 0 Å². The quantitative estimate of drug-likeness (QED) is 0.407.